The van der Waals surface area contributed by atoms with Gasteiger partial charge in [-0.3, -0.25) is 5.32 Å². The molecule has 7 heteroatoms. The van der Waals surface area contributed by atoms with Crippen molar-refractivity contribution in [2.24, 2.45) is 0 Å². The topological polar surface area (TPSA) is 52.6 Å². The van der Waals surface area contributed by atoms with Crippen LogP contribution in [-0.2, 0) is 4.57 Å². The van der Waals surface area contributed by atoms with E-state index < -0.39 is 13.8 Å². The van der Waals surface area contributed by atoms with E-state index in [4.69, 9.17) is 23.2 Å². The fraction of sp³-hybridized carbons (Fsp3) is 0.647. The van der Waals surface area contributed by atoms with Crippen LogP contribution in [0.1, 0.15) is 42.6 Å². The maximum Gasteiger partial charge on any atom is 0.529 e. The molecule has 2 rings (SSSR count). The molecule has 0 radical (unpaired) electrons. The molecule has 0 saturated heterocycles. The molecule has 1 saturated carbocycles. The fourth-order valence-corrected chi connectivity index (χ4v) is 4.60. The molecule has 1 aliphatic carbocycles. The highest BCUT2D eigenvalue weighted by Crippen LogP contribution is 2.39. The minimum Gasteiger partial charge on any atom is -0.369 e. The third kappa shape index (κ3) is 5.31. The van der Waals surface area contributed by atoms with Crippen molar-refractivity contribution < 1.29 is 9.46 Å². The van der Waals surface area contributed by atoms with Gasteiger partial charge in [-0.25, -0.2) is 0 Å². The standard InChI is InChI=1S/C17H25Cl2N2O2P/c1-13-12-15(21(10-8-18)11-9-19)6-7-16(13)17(24(22)23)20-14-4-2-3-5-14/h6-7,12,14,17,20H,2-5,8-11H2,1H3/p+1. The molecule has 24 heavy (non-hydrogen) atoms. The Morgan fingerprint density at radius 3 is 2.42 bits per heavy atom. The first-order valence-electron chi connectivity index (χ1n) is 8.45. The fourth-order valence-electron chi connectivity index (χ4n) is 3.33. The Kier molecular flexibility index (Phi) is 8.25. The van der Waals surface area contributed by atoms with E-state index in [1.165, 1.54) is 12.8 Å². The van der Waals surface area contributed by atoms with Gasteiger partial charge in [0.2, 0.25) is 0 Å². The van der Waals surface area contributed by atoms with Gasteiger partial charge < -0.3 is 4.90 Å². The van der Waals surface area contributed by atoms with Crippen LogP contribution >= 0.6 is 31.2 Å². The van der Waals surface area contributed by atoms with Crippen LogP contribution in [0.4, 0.5) is 5.69 Å². The summed E-state index contributed by atoms with van der Waals surface area (Å²) in [4.78, 5) is 11.9. The van der Waals surface area contributed by atoms with Gasteiger partial charge in [0.25, 0.3) is 5.78 Å². The third-order valence-electron chi connectivity index (χ3n) is 4.59. The SMILES string of the molecule is Cc1cc(N(CCCl)CCCl)ccc1C(NC1CCCC1)[P+](=O)O. The summed E-state index contributed by atoms with van der Waals surface area (Å²) in [5.74, 6) is 0.560. The highest BCUT2D eigenvalue weighted by atomic mass is 35.5. The summed E-state index contributed by atoms with van der Waals surface area (Å²) in [6.07, 6.45) is 4.54. The maximum atomic E-state index is 11.9. The van der Waals surface area contributed by atoms with Crippen LogP contribution in [0, 0.1) is 6.92 Å². The minimum absolute atomic E-state index is 0.337. The second-order valence-electron chi connectivity index (χ2n) is 6.26. The van der Waals surface area contributed by atoms with Gasteiger partial charge in [0.1, 0.15) is 0 Å². The lowest BCUT2D eigenvalue weighted by Gasteiger charge is -2.24. The number of benzene rings is 1. The van der Waals surface area contributed by atoms with Gasteiger partial charge in [0.15, 0.2) is 0 Å². The van der Waals surface area contributed by atoms with Crippen molar-refractivity contribution in [3.8, 4) is 0 Å². The van der Waals surface area contributed by atoms with Crippen molar-refractivity contribution in [1.82, 2.24) is 5.32 Å². The van der Waals surface area contributed by atoms with Gasteiger partial charge in [-0.15, -0.1) is 23.2 Å². The molecule has 4 nitrogen and oxygen atoms in total. The van der Waals surface area contributed by atoms with Gasteiger partial charge in [-0.1, -0.05) is 18.9 Å². The molecule has 2 atom stereocenters. The average molecular weight is 392 g/mol. The van der Waals surface area contributed by atoms with Crippen LogP contribution in [0.15, 0.2) is 18.2 Å². The van der Waals surface area contributed by atoms with Crippen LogP contribution < -0.4 is 10.2 Å². The number of halogens is 2. The van der Waals surface area contributed by atoms with E-state index in [0.717, 1.165) is 42.7 Å². The summed E-state index contributed by atoms with van der Waals surface area (Å²) in [7, 11) is -2.33. The molecule has 1 aromatic rings. The van der Waals surface area contributed by atoms with Gasteiger partial charge in [-0.05, 0) is 42.0 Å². The Morgan fingerprint density at radius 2 is 1.92 bits per heavy atom. The largest absolute Gasteiger partial charge is 0.529 e. The molecule has 0 bridgehead atoms. The van der Waals surface area contributed by atoms with Gasteiger partial charge >= 0.3 is 8.03 Å². The quantitative estimate of drug-likeness (QED) is 0.479. The monoisotopic (exact) mass is 391 g/mol. The molecule has 0 spiro atoms. The zero-order valence-corrected chi connectivity index (χ0v) is 16.5. The highest BCUT2D eigenvalue weighted by molar-refractivity contribution is 7.38. The predicted octanol–water partition coefficient (Wildman–Crippen LogP) is 4.54. The van der Waals surface area contributed by atoms with E-state index in [2.05, 4.69) is 16.3 Å². The van der Waals surface area contributed by atoms with Crippen molar-refractivity contribution in [3.63, 3.8) is 0 Å². The van der Waals surface area contributed by atoms with Crippen molar-refractivity contribution in [3.05, 3.63) is 29.3 Å². The molecule has 2 unspecified atom stereocenters. The zero-order chi connectivity index (χ0) is 17.5. The van der Waals surface area contributed by atoms with E-state index in [-0.39, 0.29) is 0 Å². The summed E-state index contributed by atoms with van der Waals surface area (Å²) < 4.78 is 11.9. The Morgan fingerprint density at radius 1 is 1.29 bits per heavy atom. The Labute approximate surface area is 155 Å². The van der Waals surface area contributed by atoms with Gasteiger partial charge in [-0.2, -0.15) is 4.89 Å². The van der Waals surface area contributed by atoms with E-state index in [9.17, 15) is 9.46 Å². The van der Waals surface area contributed by atoms with Crippen LogP contribution in [0.25, 0.3) is 0 Å². The summed E-state index contributed by atoms with van der Waals surface area (Å²) >= 11 is 11.7. The average Bonchev–Trinajstić information content (AvgIpc) is 3.06. The van der Waals surface area contributed by atoms with E-state index in [0.29, 0.717) is 17.8 Å². The number of hydrogen-bond acceptors (Lipinski definition) is 3. The second kappa shape index (κ2) is 9.94. The molecule has 2 N–H and O–H groups in total. The number of hydrogen-bond donors (Lipinski definition) is 2. The predicted molar refractivity (Wildman–Crippen MR) is 103 cm³/mol. The normalized spacial score (nSPS) is 17.1. The van der Waals surface area contributed by atoms with Crippen LogP contribution in [0.3, 0.4) is 0 Å². The summed E-state index contributed by atoms with van der Waals surface area (Å²) in [6, 6.07) is 6.33. The smallest absolute Gasteiger partial charge is 0.369 e. The number of anilines is 1. The second-order valence-corrected chi connectivity index (χ2v) is 8.14. The molecule has 0 amide bonds. The van der Waals surface area contributed by atoms with Gasteiger partial charge in [0, 0.05) is 42.1 Å². The first-order chi connectivity index (χ1) is 11.6. The lowest BCUT2D eigenvalue weighted by molar-refractivity contribution is 0.445. The van der Waals surface area contributed by atoms with Crippen molar-refractivity contribution in [2.75, 3.05) is 29.7 Å². The number of aryl methyl sites for hydroxylation is 1. The molecule has 1 aromatic carbocycles. The van der Waals surface area contributed by atoms with Crippen molar-refractivity contribution in [2.45, 2.75) is 44.4 Å². The lowest BCUT2D eigenvalue weighted by atomic mass is 10.1. The third-order valence-corrected chi connectivity index (χ3v) is 5.80. The molecular weight excluding hydrogens is 366 g/mol. The molecule has 0 heterocycles. The summed E-state index contributed by atoms with van der Waals surface area (Å²) in [5.41, 5.74) is 2.95. The first kappa shape index (κ1) is 19.9. The lowest BCUT2D eigenvalue weighted by Crippen LogP contribution is -2.30. The highest BCUT2D eigenvalue weighted by Gasteiger charge is 2.35. The van der Waals surface area contributed by atoms with Crippen LogP contribution in [-0.4, -0.2) is 35.8 Å². The van der Waals surface area contributed by atoms with Crippen LogP contribution in [0.2, 0.25) is 0 Å². The molecule has 0 aromatic heterocycles. The zero-order valence-electron chi connectivity index (χ0n) is 14.0. The minimum atomic E-state index is -2.33. The van der Waals surface area contributed by atoms with Crippen LogP contribution in [0.5, 0.6) is 0 Å². The molecular formula is C17H26Cl2N2O2P+. The van der Waals surface area contributed by atoms with E-state index >= 15 is 0 Å². The number of alkyl halides is 2. The summed E-state index contributed by atoms with van der Waals surface area (Å²) in [5, 5.41) is 3.38. The Bertz CT molecular complexity index is 547. The molecule has 1 aliphatic rings. The van der Waals surface area contributed by atoms with Crippen molar-refractivity contribution >= 4 is 36.9 Å². The number of nitrogens with zero attached hydrogens (tertiary/aromatic N) is 1. The van der Waals surface area contributed by atoms with E-state index in [1.54, 1.807) is 0 Å². The van der Waals surface area contributed by atoms with Crippen molar-refractivity contribution in [1.29, 1.82) is 0 Å². The first-order valence-corrected chi connectivity index (χ1v) is 10.8. The Hall–Kier alpha value is -0.380. The number of nitrogens with one attached hydrogen (secondary N) is 1. The Balaban J connectivity index is 2.20. The molecule has 0 aliphatic heterocycles. The molecule has 134 valence electrons. The molecule has 1 fully saturated rings. The van der Waals surface area contributed by atoms with Gasteiger partial charge in [0.05, 0.1) is 0 Å². The number of rotatable bonds is 9. The summed E-state index contributed by atoms with van der Waals surface area (Å²) in [6.45, 7) is 3.44. The maximum absolute atomic E-state index is 11.9. The van der Waals surface area contributed by atoms with E-state index in [1.807, 2.05) is 19.1 Å².